The largest absolute Gasteiger partial charge is 0.377 e. The SMILES string of the molecule is CCNCC1(CCS(C)(=O)=O)CCOC1C1CC1. The lowest BCUT2D eigenvalue weighted by molar-refractivity contribution is 0.0294. The molecule has 1 aliphatic carbocycles. The van der Waals surface area contributed by atoms with E-state index < -0.39 is 9.84 Å². The molecule has 18 heavy (non-hydrogen) atoms. The monoisotopic (exact) mass is 275 g/mol. The molecule has 0 amide bonds. The molecule has 0 aromatic rings. The van der Waals surface area contributed by atoms with Gasteiger partial charge in [0.15, 0.2) is 0 Å². The molecule has 106 valence electrons. The minimum Gasteiger partial charge on any atom is -0.377 e. The third-order valence-electron chi connectivity index (χ3n) is 4.25. The summed E-state index contributed by atoms with van der Waals surface area (Å²) in [6, 6.07) is 0. The molecule has 1 heterocycles. The van der Waals surface area contributed by atoms with Crippen molar-refractivity contribution in [2.24, 2.45) is 11.3 Å². The second kappa shape index (κ2) is 5.47. The molecule has 0 aromatic carbocycles. The highest BCUT2D eigenvalue weighted by Gasteiger charge is 2.50. The van der Waals surface area contributed by atoms with Gasteiger partial charge in [-0.2, -0.15) is 0 Å². The maximum Gasteiger partial charge on any atom is 0.147 e. The van der Waals surface area contributed by atoms with Crippen molar-refractivity contribution < 1.29 is 13.2 Å². The van der Waals surface area contributed by atoms with Crippen LogP contribution in [0.1, 0.15) is 32.6 Å². The molecule has 1 saturated carbocycles. The summed E-state index contributed by atoms with van der Waals surface area (Å²) >= 11 is 0. The highest BCUT2D eigenvalue weighted by atomic mass is 32.2. The molecule has 2 atom stereocenters. The second-order valence-corrected chi connectivity index (χ2v) is 8.16. The fraction of sp³-hybridized carbons (Fsp3) is 1.00. The summed E-state index contributed by atoms with van der Waals surface area (Å²) in [5.41, 5.74) is 0.0419. The molecular weight excluding hydrogens is 250 g/mol. The van der Waals surface area contributed by atoms with E-state index >= 15 is 0 Å². The van der Waals surface area contributed by atoms with Crippen molar-refractivity contribution in [2.75, 3.05) is 31.7 Å². The van der Waals surface area contributed by atoms with Gasteiger partial charge in [-0.3, -0.25) is 0 Å². The van der Waals surface area contributed by atoms with Crippen LogP contribution in [-0.2, 0) is 14.6 Å². The van der Waals surface area contributed by atoms with Crippen molar-refractivity contribution in [2.45, 2.75) is 38.7 Å². The molecule has 1 aliphatic heterocycles. The van der Waals surface area contributed by atoms with E-state index in [0.29, 0.717) is 5.92 Å². The lowest BCUT2D eigenvalue weighted by Gasteiger charge is -2.34. The average molecular weight is 275 g/mol. The summed E-state index contributed by atoms with van der Waals surface area (Å²) in [6.07, 6.45) is 5.83. The van der Waals surface area contributed by atoms with Crippen molar-refractivity contribution in [3.8, 4) is 0 Å². The number of hydrogen-bond donors (Lipinski definition) is 1. The molecule has 0 spiro atoms. The predicted octanol–water partition coefficient (Wildman–Crippen LogP) is 1.22. The molecule has 2 rings (SSSR count). The van der Waals surface area contributed by atoms with Crippen LogP contribution in [-0.4, -0.2) is 46.2 Å². The third-order valence-corrected chi connectivity index (χ3v) is 5.19. The average Bonchev–Trinajstić information content (AvgIpc) is 3.05. The molecule has 5 heteroatoms. The first-order valence-electron chi connectivity index (χ1n) is 6.97. The van der Waals surface area contributed by atoms with E-state index in [9.17, 15) is 8.42 Å². The molecule has 4 nitrogen and oxygen atoms in total. The Kier molecular flexibility index (Phi) is 4.34. The Bertz CT molecular complexity index is 378. The molecular formula is C13H25NO3S. The molecule has 2 unspecified atom stereocenters. The molecule has 0 aromatic heterocycles. The number of rotatable bonds is 7. The van der Waals surface area contributed by atoms with Gasteiger partial charge in [-0.1, -0.05) is 6.92 Å². The van der Waals surface area contributed by atoms with Crippen molar-refractivity contribution in [1.82, 2.24) is 5.32 Å². The summed E-state index contributed by atoms with van der Waals surface area (Å²) in [7, 11) is -2.89. The van der Waals surface area contributed by atoms with Gasteiger partial charge >= 0.3 is 0 Å². The van der Waals surface area contributed by atoms with Crippen LogP contribution in [0.4, 0.5) is 0 Å². The summed E-state index contributed by atoms with van der Waals surface area (Å²) in [5, 5.41) is 3.41. The fourth-order valence-corrected chi connectivity index (χ4v) is 3.83. The van der Waals surface area contributed by atoms with E-state index in [1.54, 1.807) is 0 Å². The Morgan fingerprint density at radius 3 is 2.67 bits per heavy atom. The summed E-state index contributed by atoms with van der Waals surface area (Å²) in [4.78, 5) is 0. The standard InChI is InChI=1S/C13H25NO3S/c1-3-14-10-13(7-9-18(2,15)16)6-8-17-12(13)11-4-5-11/h11-12,14H,3-10H2,1-2H3. The van der Waals surface area contributed by atoms with Crippen LogP contribution >= 0.6 is 0 Å². The summed E-state index contributed by atoms with van der Waals surface area (Å²) in [5.74, 6) is 0.955. The van der Waals surface area contributed by atoms with Crippen LogP contribution in [0.5, 0.6) is 0 Å². The first-order chi connectivity index (χ1) is 8.47. The highest BCUT2D eigenvalue weighted by Crippen LogP contribution is 2.49. The summed E-state index contributed by atoms with van der Waals surface area (Å²) in [6.45, 7) is 4.70. The number of nitrogens with one attached hydrogen (secondary N) is 1. The van der Waals surface area contributed by atoms with Gasteiger partial charge < -0.3 is 10.1 Å². The van der Waals surface area contributed by atoms with E-state index in [0.717, 1.165) is 32.5 Å². The third kappa shape index (κ3) is 3.45. The van der Waals surface area contributed by atoms with E-state index in [2.05, 4.69) is 12.2 Å². The smallest absolute Gasteiger partial charge is 0.147 e. The van der Waals surface area contributed by atoms with E-state index in [-0.39, 0.29) is 17.3 Å². The molecule has 0 bridgehead atoms. The number of ether oxygens (including phenoxy) is 1. The first kappa shape index (κ1) is 14.3. The van der Waals surface area contributed by atoms with Gasteiger partial charge in [-0.15, -0.1) is 0 Å². The number of sulfone groups is 1. The van der Waals surface area contributed by atoms with E-state index in [4.69, 9.17) is 4.74 Å². The zero-order valence-corrected chi connectivity index (χ0v) is 12.3. The zero-order chi connectivity index (χ0) is 13.2. The van der Waals surface area contributed by atoms with E-state index in [1.807, 2.05) is 0 Å². The van der Waals surface area contributed by atoms with Gasteiger partial charge in [-0.05, 0) is 38.1 Å². The second-order valence-electron chi connectivity index (χ2n) is 5.90. The quantitative estimate of drug-likeness (QED) is 0.759. The molecule has 1 saturated heterocycles. The van der Waals surface area contributed by atoms with Crippen LogP contribution in [0, 0.1) is 11.3 Å². The van der Waals surface area contributed by atoms with Gasteiger partial charge in [0.05, 0.1) is 11.9 Å². The van der Waals surface area contributed by atoms with Crippen LogP contribution in [0.25, 0.3) is 0 Å². The van der Waals surface area contributed by atoms with Gasteiger partial charge in [0, 0.05) is 24.8 Å². The Morgan fingerprint density at radius 2 is 2.11 bits per heavy atom. The topological polar surface area (TPSA) is 55.4 Å². The van der Waals surface area contributed by atoms with Crippen LogP contribution < -0.4 is 5.32 Å². The predicted molar refractivity (Wildman–Crippen MR) is 72.4 cm³/mol. The van der Waals surface area contributed by atoms with Crippen molar-refractivity contribution in [3.05, 3.63) is 0 Å². The zero-order valence-electron chi connectivity index (χ0n) is 11.4. The van der Waals surface area contributed by atoms with Gasteiger partial charge in [0.1, 0.15) is 9.84 Å². The minimum atomic E-state index is -2.89. The van der Waals surface area contributed by atoms with Crippen molar-refractivity contribution in [1.29, 1.82) is 0 Å². The van der Waals surface area contributed by atoms with Crippen LogP contribution in [0.2, 0.25) is 0 Å². The van der Waals surface area contributed by atoms with Crippen molar-refractivity contribution in [3.63, 3.8) is 0 Å². The molecule has 2 fully saturated rings. The van der Waals surface area contributed by atoms with E-state index in [1.165, 1.54) is 19.1 Å². The van der Waals surface area contributed by atoms with Gasteiger partial charge in [0.2, 0.25) is 0 Å². The summed E-state index contributed by atoms with van der Waals surface area (Å²) < 4.78 is 28.8. The van der Waals surface area contributed by atoms with Crippen molar-refractivity contribution >= 4 is 9.84 Å². The fourth-order valence-electron chi connectivity index (χ4n) is 3.05. The minimum absolute atomic E-state index is 0.0419. The molecule has 2 aliphatic rings. The molecule has 0 radical (unpaired) electrons. The Morgan fingerprint density at radius 1 is 1.39 bits per heavy atom. The Hall–Kier alpha value is -0.130. The Balaban J connectivity index is 2.06. The lowest BCUT2D eigenvalue weighted by atomic mass is 9.76. The van der Waals surface area contributed by atoms with Crippen LogP contribution in [0.15, 0.2) is 0 Å². The number of hydrogen-bond acceptors (Lipinski definition) is 4. The normalized spacial score (nSPS) is 32.9. The first-order valence-corrected chi connectivity index (χ1v) is 9.03. The van der Waals surface area contributed by atoms with Gasteiger partial charge in [0.25, 0.3) is 0 Å². The highest BCUT2D eigenvalue weighted by molar-refractivity contribution is 7.90. The maximum atomic E-state index is 11.4. The maximum absolute atomic E-state index is 11.4. The Labute approximate surface area is 110 Å². The van der Waals surface area contributed by atoms with Gasteiger partial charge in [-0.25, -0.2) is 8.42 Å². The lowest BCUT2D eigenvalue weighted by Crippen LogP contribution is -2.43. The van der Waals surface area contributed by atoms with Crippen LogP contribution in [0.3, 0.4) is 0 Å². The molecule has 1 N–H and O–H groups in total.